The second-order valence-electron chi connectivity index (χ2n) is 9.56. The van der Waals surface area contributed by atoms with Crippen LogP contribution in [0.2, 0.25) is 0 Å². The van der Waals surface area contributed by atoms with Crippen molar-refractivity contribution in [3.8, 4) is 5.88 Å². The SMILES string of the molecule is Cc1nc(CCc2cnn(Cc3cccc(OC(C)C)n3)c2)cc2c1NC(=O)[C@H](C(C)C)N2C. The van der Waals surface area contributed by atoms with Gasteiger partial charge in [-0.2, -0.15) is 5.10 Å². The van der Waals surface area contributed by atoms with Crippen molar-refractivity contribution >= 4 is 17.3 Å². The number of carbonyl (C=O) groups is 1. The van der Waals surface area contributed by atoms with Crippen LogP contribution in [0.5, 0.6) is 5.88 Å². The highest BCUT2D eigenvalue weighted by atomic mass is 16.5. The largest absolute Gasteiger partial charge is 0.475 e. The molecule has 0 aliphatic carbocycles. The van der Waals surface area contributed by atoms with Crippen LogP contribution in [0, 0.1) is 12.8 Å². The maximum atomic E-state index is 12.6. The zero-order valence-corrected chi connectivity index (χ0v) is 20.9. The molecule has 0 saturated carbocycles. The molecule has 0 aromatic carbocycles. The van der Waals surface area contributed by atoms with Gasteiger partial charge in [0.1, 0.15) is 6.04 Å². The zero-order valence-electron chi connectivity index (χ0n) is 20.9. The van der Waals surface area contributed by atoms with Crippen LogP contribution in [-0.4, -0.2) is 44.8 Å². The van der Waals surface area contributed by atoms with Crippen molar-refractivity contribution in [2.75, 3.05) is 17.3 Å². The number of nitrogens with one attached hydrogen (secondary N) is 1. The molecule has 8 heteroatoms. The summed E-state index contributed by atoms with van der Waals surface area (Å²) in [6, 6.07) is 7.73. The van der Waals surface area contributed by atoms with Crippen LogP contribution in [0.25, 0.3) is 0 Å². The lowest BCUT2D eigenvalue weighted by atomic mass is 9.97. The van der Waals surface area contributed by atoms with Crippen molar-refractivity contribution in [2.45, 2.75) is 66.2 Å². The molecule has 1 aliphatic heterocycles. The Morgan fingerprint density at radius 3 is 2.65 bits per heavy atom. The number of likely N-dealkylation sites (N-methyl/N-ethyl adjacent to an activating group) is 1. The minimum atomic E-state index is -0.182. The Bertz CT molecular complexity index is 1170. The standard InChI is InChI=1S/C26H34N6O2/c1-16(2)25-26(33)30-24-18(5)28-20(12-22(24)31(25)6)11-10-19-13-27-32(14-19)15-21-8-7-9-23(29-21)34-17(3)4/h7-9,12-14,16-17,25H,10-11,15H2,1-6H3,(H,30,33)/t25-/m0/s1. The predicted molar refractivity (Wildman–Crippen MR) is 133 cm³/mol. The predicted octanol–water partition coefficient (Wildman–Crippen LogP) is 4.02. The number of anilines is 2. The third-order valence-electron chi connectivity index (χ3n) is 6.00. The van der Waals surface area contributed by atoms with Crippen molar-refractivity contribution in [1.82, 2.24) is 19.7 Å². The Morgan fingerprint density at radius 1 is 1.12 bits per heavy atom. The molecule has 180 valence electrons. The van der Waals surface area contributed by atoms with E-state index >= 15 is 0 Å². The molecule has 3 aromatic rings. The average molecular weight is 463 g/mol. The first kappa shape index (κ1) is 23.7. The highest BCUT2D eigenvalue weighted by Crippen LogP contribution is 2.35. The second-order valence-corrected chi connectivity index (χ2v) is 9.56. The Hall–Kier alpha value is -3.42. The van der Waals surface area contributed by atoms with E-state index in [9.17, 15) is 4.79 Å². The maximum Gasteiger partial charge on any atom is 0.247 e. The summed E-state index contributed by atoms with van der Waals surface area (Å²) in [5.74, 6) is 0.883. The van der Waals surface area contributed by atoms with Gasteiger partial charge >= 0.3 is 0 Å². The summed E-state index contributed by atoms with van der Waals surface area (Å²) in [5, 5.41) is 7.57. The quantitative estimate of drug-likeness (QED) is 0.544. The van der Waals surface area contributed by atoms with Gasteiger partial charge < -0.3 is 15.0 Å². The fourth-order valence-corrected chi connectivity index (χ4v) is 4.47. The van der Waals surface area contributed by atoms with E-state index in [2.05, 4.69) is 46.4 Å². The van der Waals surface area contributed by atoms with E-state index < -0.39 is 0 Å². The molecule has 0 radical (unpaired) electrons. The number of aryl methyl sites for hydroxylation is 3. The van der Waals surface area contributed by atoms with Crippen molar-refractivity contribution in [2.24, 2.45) is 5.92 Å². The molecule has 0 bridgehead atoms. The highest BCUT2D eigenvalue weighted by molar-refractivity contribution is 6.04. The number of carbonyl (C=O) groups excluding carboxylic acids is 1. The van der Waals surface area contributed by atoms with E-state index in [-0.39, 0.29) is 24.0 Å². The number of amides is 1. The summed E-state index contributed by atoms with van der Waals surface area (Å²) < 4.78 is 7.59. The van der Waals surface area contributed by atoms with Gasteiger partial charge in [-0.25, -0.2) is 4.98 Å². The second kappa shape index (κ2) is 9.83. The smallest absolute Gasteiger partial charge is 0.247 e. The fourth-order valence-electron chi connectivity index (χ4n) is 4.47. The number of fused-ring (bicyclic) bond motifs is 1. The minimum Gasteiger partial charge on any atom is -0.475 e. The molecule has 0 unspecified atom stereocenters. The van der Waals surface area contributed by atoms with E-state index in [0.717, 1.165) is 46.9 Å². The monoisotopic (exact) mass is 462 g/mol. The lowest BCUT2D eigenvalue weighted by Gasteiger charge is -2.38. The molecule has 0 fully saturated rings. The number of nitrogens with zero attached hydrogens (tertiary/aromatic N) is 5. The van der Waals surface area contributed by atoms with Crippen LogP contribution >= 0.6 is 0 Å². The fraction of sp³-hybridized carbons (Fsp3) is 0.462. The van der Waals surface area contributed by atoms with Gasteiger partial charge in [-0.05, 0) is 57.2 Å². The summed E-state index contributed by atoms with van der Waals surface area (Å²) in [6.45, 7) is 10.7. The Labute approximate surface area is 201 Å². The van der Waals surface area contributed by atoms with E-state index in [1.165, 1.54) is 0 Å². The number of hydrogen-bond acceptors (Lipinski definition) is 6. The lowest BCUT2D eigenvalue weighted by molar-refractivity contribution is -0.118. The molecular weight excluding hydrogens is 428 g/mol. The third-order valence-corrected chi connectivity index (χ3v) is 6.00. The maximum absolute atomic E-state index is 12.6. The van der Waals surface area contributed by atoms with Gasteiger partial charge in [-0.3, -0.25) is 14.5 Å². The van der Waals surface area contributed by atoms with Crippen molar-refractivity contribution in [3.63, 3.8) is 0 Å². The first-order chi connectivity index (χ1) is 16.2. The minimum absolute atomic E-state index is 0.0332. The van der Waals surface area contributed by atoms with Crippen LogP contribution in [0.1, 0.15) is 50.3 Å². The summed E-state index contributed by atoms with van der Waals surface area (Å²) in [5.41, 5.74) is 5.76. The van der Waals surface area contributed by atoms with Gasteiger partial charge in [0, 0.05) is 25.0 Å². The van der Waals surface area contributed by atoms with Gasteiger partial charge in [0.25, 0.3) is 0 Å². The van der Waals surface area contributed by atoms with Crippen LogP contribution < -0.4 is 15.0 Å². The molecule has 1 amide bonds. The Balaban J connectivity index is 1.43. The Kier molecular flexibility index (Phi) is 6.86. The van der Waals surface area contributed by atoms with Crippen LogP contribution in [0.3, 0.4) is 0 Å². The van der Waals surface area contributed by atoms with Gasteiger partial charge in [0.15, 0.2) is 0 Å². The molecular formula is C26H34N6O2. The molecule has 1 aliphatic rings. The van der Waals surface area contributed by atoms with E-state index in [4.69, 9.17) is 9.72 Å². The molecule has 4 rings (SSSR count). The normalized spacial score (nSPS) is 15.6. The topological polar surface area (TPSA) is 85.2 Å². The highest BCUT2D eigenvalue weighted by Gasteiger charge is 2.34. The number of rotatable bonds is 8. The van der Waals surface area contributed by atoms with Crippen LogP contribution in [0.15, 0.2) is 36.7 Å². The molecule has 1 N–H and O–H groups in total. The molecule has 1 atom stereocenters. The van der Waals surface area contributed by atoms with Gasteiger partial charge in [0.2, 0.25) is 11.8 Å². The molecule has 8 nitrogen and oxygen atoms in total. The zero-order chi connectivity index (χ0) is 24.4. The molecule has 4 heterocycles. The number of pyridine rings is 2. The molecule has 0 spiro atoms. The summed E-state index contributed by atoms with van der Waals surface area (Å²) >= 11 is 0. The Morgan fingerprint density at radius 2 is 1.91 bits per heavy atom. The summed E-state index contributed by atoms with van der Waals surface area (Å²) in [7, 11) is 1.99. The first-order valence-electron chi connectivity index (χ1n) is 11.9. The van der Waals surface area contributed by atoms with Crippen molar-refractivity contribution in [1.29, 1.82) is 0 Å². The first-order valence-corrected chi connectivity index (χ1v) is 11.9. The average Bonchev–Trinajstić information content (AvgIpc) is 3.20. The number of hydrogen-bond donors (Lipinski definition) is 1. The molecule has 34 heavy (non-hydrogen) atoms. The lowest BCUT2D eigenvalue weighted by Crippen LogP contribution is -2.49. The number of aromatic nitrogens is 4. The van der Waals surface area contributed by atoms with E-state index in [0.29, 0.717) is 12.4 Å². The van der Waals surface area contributed by atoms with E-state index in [1.807, 2.05) is 56.9 Å². The van der Waals surface area contributed by atoms with Crippen LogP contribution in [0.4, 0.5) is 11.4 Å². The van der Waals surface area contributed by atoms with Gasteiger partial charge in [0.05, 0.1) is 41.6 Å². The number of ether oxygens (including phenoxy) is 1. The molecule has 0 saturated heterocycles. The summed E-state index contributed by atoms with van der Waals surface area (Å²) in [6.07, 6.45) is 5.68. The van der Waals surface area contributed by atoms with Crippen molar-refractivity contribution in [3.05, 3.63) is 59.3 Å². The van der Waals surface area contributed by atoms with Gasteiger partial charge in [-0.1, -0.05) is 19.9 Å². The van der Waals surface area contributed by atoms with Gasteiger partial charge in [-0.15, -0.1) is 0 Å². The van der Waals surface area contributed by atoms with Crippen LogP contribution in [-0.2, 0) is 24.2 Å². The van der Waals surface area contributed by atoms with E-state index in [1.54, 1.807) is 0 Å². The van der Waals surface area contributed by atoms with Crippen molar-refractivity contribution < 1.29 is 9.53 Å². The third kappa shape index (κ3) is 5.21. The molecule has 3 aromatic heterocycles. The summed E-state index contributed by atoms with van der Waals surface area (Å²) in [4.78, 5) is 24.0.